The lowest BCUT2D eigenvalue weighted by atomic mass is 10.1. The summed E-state index contributed by atoms with van der Waals surface area (Å²) >= 11 is 2.26. The van der Waals surface area contributed by atoms with Crippen molar-refractivity contribution >= 4 is 22.6 Å². The second kappa shape index (κ2) is 5.27. The van der Waals surface area contributed by atoms with Crippen molar-refractivity contribution in [3.8, 4) is 5.75 Å². The summed E-state index contributed by atoms with van der Waals surface area (Å²) in [7, 11) is 1.68. The molecule has 0 amide bonds. The SMILES string of the molecule is C=C(I)CCc1ccc(OC)cc1. The molecule has 1 aromatic carbocycles. The van der Waals surface area contributed by atoms with Gasteiger partial charge in [0.1, 0.15) is 5.75 Å². The van der Waals surface area contributed by atoms with Crippen LogP contribution in [0.3, 0.4) is 0 Å². The van der Waals surface area contributed by atoms with Crippen molar-refractivity contribution in [1.82, 2.24) is 0 Å². The number of benzene rings is 1. The first-order chi connectivity index (χ1) is 6.22. The molecular formula is C11H13IO. The van der Waals surface area contributed by atoms with Gasteiger partial charge in [0.15, 0.2) is 0 Å². The lowest BCUT2D eigenvalue weighted by Crippen LogP contribution is -1.86. The molecule has 0 atom stereocenters. The molecule has 0 radical (unpaired) electrons. The molecule has 0 aliphatic carbocycles. The minimum absolute atomic E-state index is 0.914. The van der Waals surface area contributed by atoms with E-state index in [0.717, 1.165) is 18.6 Å². The van der Waals surface area contributed by atoms with Crippen molar-refractivity contribution in [1.29, 1.82) is 0 Å². The average Bonchev–Trinajstić information content (AvgIpc) is 2.15. The Kier molecular flexibility index (Phi) is 4.28. The van der Waals surface area contributed by atoms with E-state index in [2.05, 4.69) is 41.3 Å². The Morgan fingerprint density at radius 1 is 1.38 bits per heavy atom. The van der Waals surface area contributed by atoms with E-state index in [1.807, 2.05) is 12.1 Å². The molecule has 1 nitrogen and oxygen atoms in total. The maximum absolute atomic E-state index is 5.08. The first-order valence-electron chi connectivity index (χ1n) is 4.18. The number of aryl methyl sites for hydroxylation is 1. The minimum Gasteiger partial charge on any atom is -0.497 e. The van der Waals surface area contributed by atoms with Crippen molar-refractivity contribution in [3.63, 3.8) is 0 Å². The van der Waals surface area contributed by atoms with Gasteiger partial charge in [0, 0.05) is 0 Å². The zero-order valence-corrected chi connectivity index (χ0v) is 9.87. The summed E-state index contributed by atoms with van der Waals surface area (Å²) in [5, 5.41) is 0. The molecule has 1 rings (SSSR count). The van der Waals surface area contributed by atoms with E-state index in [9.17, 15) is 0 Å². The Morgan fingerprint density at radius 2 is 2.00 bits per heavy atom. The van der Waals surface area contributed by atoms with E-state index >= 15 is 0 Å². The van der Waals surface area contributed by atoms with Gasteiger partial charge in [-0.15, -0.1) is 0 Å². The van der Waals surface area contributed by atoms with E-state index in [0.29, 0.717) is 0 Å². The second-order valence-electron chi connectivity index (χ2n) is 2.87. The van der Waals surface area contributed by atoms with Gasteiger partial charge in [-0.1, -0.05) is 18.7 Å². The summed E-state index contributed by atoms with van der Waals surface area (Å²) in [4.78, 5) is 0. The zero-order chi connectivity index (χ0) is 9.68. The van der Waals surface area contributed by atoms with Gasteiger partial charge in [-0.25, -0.2) is 0 Å². The van der Waals surface area contributed by atoms with Gasteiger partial charge in [-0.2, -0.15) is 0 Å². The summed E-state index contributed by atoms with van der Waals surface area (Å²) in [6, 6.07) is 8.17. The van der Waals surface area contributed by atoms with Crippen LogP contribution in [0.5, 0.6) is 5.75 Å². The van der Waals surface area contributed by atoms with Crippen LogP contribution in [-0.2, 0) is 6.42 Å². The topological polar surface area (TPSA) is 9.23 Å². The summed E-state index contributed by atoms with van der Waals surface area (Å²) in [5.41, 5.74) is 1.33. The van der Waals surface area contributed by atoms with Gasteiger partial charge in [-0.05, 0) is 56.7 Å². The fraction of sp³-hybridized carbons (Fsp3) is 0.273. The van der Waals surface area contributed by atoms with Crippen molar-refractivity contribution in [2.24, 2.45) is 0 Å². The van der Waals surface area contributed by atoms with Crippen molar-refractivity contribution in [2.45, 2.75) is 12.8 Å². The summed E-state index contributed by atoms with van der Waals surface area (Å²) < 4.78 is 6.28. The minimum atomic E-state index is 0.914. The Bertz CT molecular complexity index is 277. The highest BCUT2D eigenvalue weighted by atomic mass is 127. The highest BCUT2D eigenvalue weighted by Crippen LogP contribution is 2.16. The maximum Gasteiger partial charge on any atom is 0.118 e. The van der Waals surface area contributed by atoms with Gasteiger partial charge in [0.2, 0.25) is 0 Å². The number of rotatable bonds is 4. The average molecular weight is 288 g/mol. The predicted molar refractivity (Wildman–Crippen MR) is 64.5 cm³/mol. The normalized spacial score (nSPS) is 9.69. The van der Waals surface area contributed by atoms with Crippen LogP contribution in [0.15, 0.2) is 34.4 Å². The molecule has 0 heterocycles. The maximum atomic E-state index is 5.08. The molecule has 1 aromatic rings. The van der Waals surface area contributed by atoms with E-state index < -0.39 is 0 Å². The fourth-order valence-corrected chi connectivity index (χ4v) is 1.34. The fourth-order valence-electron chi connectivity index (χ4n) is 1.07. The first-order valence-corrected chi connectivity index (χ1v) is 5.26. The number of hydrogen-bond acceptors (Lipinski definition) is 1. The lowest BCUT2D eigenvalue weighted by molar-refractivity contribution is 0.414. The third-order valence-corrected chi connectivity index (χ3v) is 2.38. The van der Waals surface area contributed by atoms with Crippen LogP contribution in [0.1, 0.15) is 12.0 Å². The summed E-state index contributed by atoms with van der Waals surface area (Å²) in [6.07, 6.45) is 2.11. The van der Waals surface area contributed by atoms with Gasteiger partial charge in [0.25, 0.3) is 0 Å². The molecule has 0 aliphatic heterocycles. The molecule has 0 fully saturated rings. The van der Waals surface area contributed by atoms with Crippen molar-refractivity contribution in [2.75, 3.05) is 7.11 Å². The molecule has 0 aromatic heterocycles. The monoisotopic (exact) mass is 288 g/mol. The molecule has 2 heteroatoms. The summed E-state index contributed by atoms with van der Waals surface area (Å²) in [5.74, 6) is 0.914. The van der Waals surface area contributed by atoms with Gasteiger partial charge >= 0.3 is 0 Å². The zero-order valence-electron chi connectivity index (χ0n) is 7.72. The van der Waals surface area contributed by atoms with Crippen LogP contribution in [0.2, 0.25) is 0 Å². The number of hydrogen-bond donors (Lipinski definition) is 0. The van der Waals surface area contributed by atoms with Crippen molar-refractivity contribution < 1.29 is 4.74 Å². The van der Waals surface area contributed by atoms with E-state index in [-0.39, 0.29) is 0 Å². The number of methoxy groups -OCH3 is 1. The van der Waals surface area contributed by atoms with Crippen molar-refractivity contribution in [3.05, 3.63) is 40.0 Å². The largest absolute Gasteiger partial charge is 0.497 e. The van der Waals surface area contributed by atoms with E-state index in [1.165, 1.54) is 9.14 Å². The van der Waals surface area contributed by atoms with Crippen LogP contribution >= 0.6 is 22.6 Å². The van der Waals surface area contributed by atoms with Crippen LogP contribution in [0.4, 0.5) is 0 Å². The number of allylic oxidation sites excluding steroid dienone is 1. The number of ether oxygens (including phenoxy) is 1. The van der Waals surface area contributed by atoms with Crippen LogP contribution in [-0.4, -0.2) is 7.11 Å². The second-order valence-corrected chi connectivity index (χ2v) is 4.39. The molecule has 0 bridgehead atoms. The molecule has 0 spiro atoms. The van der Waals surface area contributed by atoms with Gasteiger partial charge in [0.05, 0.1) is 7.11 Å². The number of halogens is 1. The van der Waals surface area contributed by atoms with Crippen LogP contribution < -0.4 is 4.74 Å². The predicted octanol–water partition coefficient (Wildman–Crippen LogP) is 3.58. The standard InChI is InChI=1S/C11H13IO/c1-9(12)3-4-10-5-7-11(13-2)8-6-10/h5-8H,1,3-4H2,2H3. The molecule has 70 valence electrons. The smallest absolute Gasteiger partial charge is 0.118 e. The molecule has 0 saturated heterocycles. The lowest BCUT2D eigenvalue weighted by Gasteiger charge is -2.02. The molecule has 0 N–H and O–H groups in total. The van der Waals surface area contributed by atoms with Crippen LogP contribution in [0, 0.1) is 0 Å². The Balaban J connectivity index is 2.54. The third-order valence-electron chi connectivity index (χ3n) is 1.84. The van der Waals surface area contributed by atoms with Crippen LogP contribution in [0.25, 0.3) is 0 Å². The quantitative estimate of drug-likeness (QED) is 0.769. The van der Waals surface area contributed by atoms with E-state index in [1.54, 1.807) is 7.11 Å². The molecule has 0 aliphatic rings. The molecular weight excluding hydrogens is 275 g/mol. The molecule has 0 unspecified atom stereocenters. The highest BCUT2D eigenvalue weighted by molar-refractivity contribution is 14.1. The van der Waals surface area contributed by atoms with Gasteiger partial charge in [-0.3, -0.25) is 0 Å². The van der Waals surface area contributed by atoms with E-state index in [4.69, 9.17) is 4.74 Å². The Morgan fingerprint density at radius 3 is 2.46 bits per heavy atom. The third kappa shape index (κ3) is 3.81. The molecule has 0 saturated carbocycles. The molecule has 13 heavy (non-hydrogen) atoms. The Hall–Kier alpha value is -0.510. The first kappa shape index (κ1) is 10.6. The highest BCUT2D eigenvalue weighted by Gasteiger charge is 1.94. The Labute approximate surface area is 92.9 Å². The van der Waals surface area contributed by atoms with Gasteiger partial charge < -0.3 is 4.74 Å². The summed E-state index contributed by atoms with van der Waals surface area (Å²) in [6.45, 7) is 3.87.